The van der Waals surface area contributed by atoms with Crippen LogP contribution in [0.15, 0.2) is 24.3 Å². The summed E-state index contributed by atoms with van der Waals surface area (Å²) in [6.45, 7) is 7.65. The minimum absolute atomic E-state index is 0.244. The van der Waals surface area contributed by atoms with Crippen molar-refractivity contribution in [3.8, 4) is 0 Å². The lowest BCUT2D eigenvalue weighted by molar-refractivity contribution is 0.244. The molecule has 1 aromatic carbocycles. The number of hydrogen-bond donors (Lipinski definition) is 2. The molecule has 4 nitrogen and oxygen atoms in total. The Labute approximate surface area is 133 Å². The van der Waals surface area contributed by atoms with Gasteiger partial charge in [0.05, 0.1) is 5.69 Å². The van der Waals surface area contributed by atoms with Gasteiger partial charge in [0.1, 0.15) is 5.82 Å². The minimum atomic E-state index is -0.298. The molecule has 0 unspecified atom stereocenters. The monoisotopic (exact) mass is 321 g/mol. The number of nitrogens with one attached hydrogen (secondary N) is 2. The van der Waals surface area contributed by atoms with Crippen molar-refractivity contribution in [3.63, 3.8) is 0 Å². The third-order valence-electron chi connectivity index (χ3n) is 2.88. The van der Waals surface area contributed by atoms with E-state index in [0.717, 1.165) is 16.1 Å². The maximum atomic E-state index is 12.9. The highest BCUT2D eigenvalue weighted by Gasteiger charge is 2.16. The number of rotatable bonds is 3. The van der Waals surface area contributed by atoms with Crippen LogP contribution >= 0.6 is 11.3 Å². The van der Waals surface area contributed by atoms with Gasteiger partial charge in [-0.05, 0) is 45.4 Å². The van der Waals surface area contributed by atoms with Crippen molar-refractivity contribution >= 4 is 22.5 Å². The lowest BCUT2D eigenvalue weighted by Crippen LogP contribution is -2.43. The molecule has 0 atom stereocenters. The Bertz CT molecular complexity index is 659. The van der Waals surface area contributed by atoms with Gasteiger partial charge < -0.3 is 5.32 Å². The molecule has 2 rings (SSSR count). The SMILES string of the molecule is Cc1nc(NC(=O)NC(C)(C)C)sc1Cc1ccc(F)cc1. The normalized spacial score (nSPS) is 11.3. The second-order valence-corrected chi connectivity index (χ2v) is 7.24. The average molecular weight is 321 g/mol. The first-order valence-corrected chi connectivity index (χ1v) is 7.84. The number of anilines is 1. The molecule has 0 aliphatic heterocycles. The summed E-state index contributed by atoms with van der Waals surface area (Å²) in [5, 5.41) is 6.15. The number of carbonyl (C=O) groups excluding carboxylic acids is 1. The van der Waals surface area contributed by atoms with Crippen LogP contribution in [0.4, 0.5) is 14.3 Å². The summed E-state index contributed by atoms with van der Waals surface area (Å²) >= 11 is 1.44. The Morgan fingerprint density at radius 3 is 2.50 bits per heavy atom. The van der Waals surface area contributed by atoms with Gasteiger partial charge in [-0.2, -0.15) is 0 Å². The van der Waals surface area contributed by atoms with Gasteiger partial charge >= 0.3 is 6.03 Å². The molecule has 0 saturated carbocycles. The molecule has 0 fully saturated rings. The van der Waals surface area contributed by atoms with E-state index in [4.69, 9.17) is 0 Å². The number of nitrogens with zero attached hydrogens (tertiary/aromatic N) is 1. The fourth-order valence-corrected chi connectivity index (χ4v) is 2.89. The standard InChI is InChI=1S/C16H20FN3OS/c1-10-13(9-11-5-7-12(17)8-6-11)22-15(18-10)19-14(21)20-16(2,3)4/h5-8H,9H2,1-4H3,(H2,18,19,20,21). The summed E-state index contributed by atoms with van der Waals surface area (Å²) in [5.74, 6) is -0.244. The first-order chi connectivity index (χ1) is 10.2. The van der Waals surface area contributed by atoms with Crippen LogP contribution in [-0.4, -0.2) is 16.6 Å². The van der Waals surface area contributed by atoms with Crippen molar-refractivity contribution in [3.05, 3.63) is 46.2 Å². The lowest BCUT2D eigenvalue weighted by Gasteiger charge is -2.20. The molecular formula is C16H20FN3OS. The number of halogens is 1. The van der Waals surface area contributed by atoms with E-state index >= 15 is 0 Å². The number of aromatic nitrogens is 1. The molecule has 2 amide bonds. The van der Waals surface area contributed by atoms with Crippen molar-refractivity contribution < 1.29 is 9.18 Å². The summed E-state index contributed by atoms with van der Waals surface area (Å²) in [6, 6.07) is 6.14. The zero-order valence-corrected chi connectivity index (χ0v) is 14.0. The molecule has 2 N–H and O–H groups in total. The van der Waals surface area contributed by atoms with E-state index in [2.05, 4.69) is 15.6 Å². The first kappa shape index (κ1) is 16.4. The zero-order valence-electron chi connectivity index (χ0n) is 13.2. The summed E-state index contributed by atoms with van der Waals surface area (Å²) in [5.41, 5.74) is 1.59. The third kappa shape index (κ3) is 4.80. The maximum absolute atomic E-state index is 12.9. The lowest BCUT2D eigenvalue weighted by atomic mass is 10.1. The highest BCUT2D eigenvalue weighted by molar-refractivity contribution is 7.15. The van der Waals surface area contributed by atoms with Crippen LogP contribution in [0.2, 0.25) is 0 Å². The Hall–Kier alpha value is -1.95. The van der Waals surface area contributed by atoms with Crippen LogP contribution < -0.4 is 10.6 Å². The van der Waals surface area contributed by atoms with Gasteiger partial charge in [0, 0.05) is 16.8 Å². The van der Waals surface area contributed by atoms with E-state index in [1.165, 1.54) is 23.5 Å². The summed E-state index contributed by atoms with van der Waals surface area (Å²) in [4.78, 5) is 17.3. The Morgan fingerprint density at radius 1 is 1.27 bits per heavy atom. The van der Waals surface area contributed by atoms with E-state index in [9.17, 15) is 9.18 Å². The fraction of sp³-hybridized carbons (Fsp3) is 0.375. The predicted octanol–water partition coefficient (Wildman–Crippen LogP) is 4.10. The topological polar surface area (TPSA) is 54.0 Å². The molecule has 1 heterocycles. The van der Waals surface area contributed by atoms with E-state index in [-0.39, 0.29) is 17.4 Å². The van der Waals surface area contributed by atoms with Gasteiger partial charge in [-0.25, -0.2) is 14.2 Å². The molecule has 0 spiro atoms. The van der Waals surface area contributed by atoms with Crippen LogP contribution in [0.25, 0.3) is 0 Å². The number of carbonyl (C=O) groups is 1. The van der Waals surface area contributed by atoms with E-state index in [0.29, 0.717) is 11.6 Å². The minimum Gasteiger partial charge on any atom is -0.333 e. The number of hydrogen-bond acceptors (Lipinski definition) is 3. The number of aryl methyl sites for hydroxylation is 1. The molecule has 2 aromatic rings. The van der Waals surface area contributed by atoms with Crippen molar-refractivity contribution in [1.82, 2.24) is 10.3 Å². The van der Waals surface area contributed by atoms with Crippen LogP contribution in [-0.2, 0) is 6.42 Å². The summed E-state index contributed by atoms with van der Waals surface area (Å²) in [7, 11) is 0. The number of benzene rings is 1. The smallest absolute Gasteiger partial charge is 0.321 e. The molecule has 0 radical (unpaired) electrons. The van der Waals surface area contributed by atoms with Gasteiger partial charge in [0.2, 0.25) is 0 Å². The molecule has 6 heteroatoms. The molecular weight excluding hydrogens is 301 g/mol. The number of amides is 2. The van der Waals surface area contributed by atoms with Crippen molar-refractivity contribution in [2.24, 2.45) is 0 Å². The quantitative estimate of drug-likeness (QED) is 0.894. The van der Waals surface area contributed by atoms with Gasteiger partial charge in [0.25, 0.3) is 0 Å². The van der Waals surface area contributed by atoms with Crippen molar-refractivity contribution in [2.75, 3.05) is 5.32 Å². The predicted molar refractivity (Wildman–Crippen MR) is 88.0 cm³/mol. The Morgan fingerprint density at radius 2 is 1.91 bits per heavy atom. The molecule has 0 saturated heterocycles. The van der Waals surface area contributed by atoms with E-state index in [1.807, 2.05) is 27.7 Å². The van der Waals surface area contributed by atoms with Crippen LogP contribution in [0.5, 0.6) is 0 Å². The van der Waals surface area contributed by atoms with Gasteiger partial charge in [-0.3, -0.25) is 5.32 Å². The van der Waals surface area contributed by atoms with Gasteiger partial charge in [0.15, 0.2) is 5.13 Å². The third-order valence-corrected chi connectivity index (χ3v) is 3.95. The maximum Gasteiger partial charge on any atom is 0.321 e. The number of urea groups is 1. The average Bonchev–Trinajstić information content (AvgIpc) is 2.70. The number of thiazole rings is 1. The van der Waals surface area contributed by atoms with E-state index < -0.39 is 0 Å². The van der Waals surface area contributed by atoms with Crippen molar-refractivity contribution in [2.45, 2.75) is 39.7 Å². The summed E-state index contributed by atoms with van der Waals surface area (Å²) < 4.78 is 12.9. The molecule has 0 aliphatic rings. The molecule has 118 valence electrons. The Balaban J connectivity index is 2.05. The zero-order chi connectivity index (χ0) is 16.3. The molecule has 22 heavy (non-hydrogen) atoms. The Kier molecular flexibility index (Phi) is 4.81. The van der Waals surface area contributed by atoms with Crippen molar-refractivity contribution in [1.29, 1.82) is 0 Å². The van der Waals surface area contributed by atoms with Crippen LogP contribution in [0.1, 0.15) is 36.9 Å². The fourth-order valence-electron chi connectivity index (χ4n) is 1.90. The highest BCUT2D eigenvalue weighted by atomic mass is 32.1. The highest BCUT2D eigenvalue weighted by Crippen LogP contribution is 2.25. The molecule has 0 bridgehead atoms. The molecule has 1 aromatic heterocycles. The van der Waals surface area contributed by atoms with Gasteiger partial charge in [-0.15, -0.1) is 11.3 Å². The second-order valence-electron chi connectivity index (χ2n) is 6.16. The first-order valence-electron chi connectivity index (χ1n) is 7.03. The summed E-state index contributed by atoms with van der Waals surface area (Å²) in [6.07, 6.45) is 0.673. The van der Waals surface area contributed by atoms with Crippen LogP contribution in [0.3, 0.4) is 0 Å². The largest absolute Gasteiger partial charge is 0.333 e. The second kappa shape index (κ2) is 6.44. The van der Waals surface area contributed by atoms with E-state index in [1.54, 1.807) is 12.1 Å². The van der Waals surface area contributed by atoms with Crippen LogP contribution in [0, 0.1) is 12.7 Å². The van der Waals surface area contributed by atoms with Gasteiger partial charge in [-0.1, -0.05) is 12.1 Å². The molecule has 0 aliphatic carbocycles.